The van der Waals surface area contributed by atoms with Crippen LogP contribution in [0.4, 0.5) is 10.3 Å². The fourth-order valence-corrected chi connectivity index (χ4v) is 4.20. The van der Waals surface area contributed by atoms with Crippen molar-refractivity contribution in [2.24, 2.45) is 0 Å². The molecule has 1 N–H and O–H groups in total. The summed E-state index contributed by atoms with van der Waals surface area (Å²) in [4.78, 5) is 27.9. The molecule has 140 valence electrons. The van der Waals surface area contributed by atoms with Crippen molar-refractivity contribution in [3.63, 3.8) is 0 Å². The fourth-order valence-electron chi connectivity index (χ4n) is 3.39. The monoisotopic (exact) mass is 385 g/mol. The maximum atomic E-state index is 13.4. The van der Waals surface area contributed by atoms with Crippen LogP contribution in [0.5, 0.6) is 0 Å². The van der Waals surface area contributed by atoms with E-state index in [2.05, 4.69) is 27.2 Å². The molecule has 27 heavy (non-hydrogen) atoms. The Morgan fingerprint density at radius 1 is 1.41 bits per heavy atom. The average molecular weight is 385 g/mol. The Morgan fingerprint density at radius 3 is 3.00 bits per heavy atom. The number of hydrogen-bond acceptors (Lipinski definition) is 6. The van der Waals surface area contributed by atoms with Crippen LogP contribution in [0.15, 0.2) is 29.9 Å². The van der Waals surface area contributed by atoms with Gasteiger partial charge < -0.3 is 10.2 Å². The first-order valence-electron chi connectivity index (χ1n) is 8.96. The minimum Gasteiger partial charge on any atom is -0.348 e. The lowest BCUT2D eigenvalue weighted by molar-refractivity contribution is 0.0744. The number of aromatic nitrogens is 3. The van der Waals surface area contributed by atoms with Gasteiger partial charge in [0.05, 0.1) is 22.5 Å². The third-order valence-corrected chi connectivity index (χ3v) is 5.80. The molecule has 0 spiro atoms. The SMILES string of the molecule is C[C@H](Nc1nc(C(=O)N2CCC[C@H]2C)c2sccc2n1)c1cncc(F)c1. The van der Waals surface area contributed by atoms with Crippen molar-refractivity contribution >= 4 is 33.4 Å². The number of halogens is 1. The molecule has 3 aromatic rings. The summed E-state index contributed by atoms with van der Waals surface area (Å²) in [6.45, 7) is 4.70. The second kappa shape index (κ2) is 7.19. The highest BCUT2D eigenvalue weighted by Crippen LogP contribution is 2.28. The number of nitrogens with zero attached hydrogens (tertiary/aromatic N) is 4. The van der Waals surface area contributed by atoms with E-state index >= 15 is 0 Å². The molecule has 0 aromatic carbocycles. The lowest BCUT2D eigenvalue weighted by Gasteiger charge is -2.21. The number of carbonyl (C=O) groups excluding carboxylic acids is 1. The molecule has 0 saturated carbocycles. The standard InChI is InChI=1S/C19H20FN5OS/c1-11-4-3-6-25(11)18(26)16-17-15(5-7-27-17)23-19(24-16)22-12(2)13-8-14(20)10-21-9-13/h5,7-12H,3-4,6H2,1-2H3,(H,22,23,24)/t11-,12+/m1/s1. The number of pyridine rings is 1. The molecule has 8 heteroatoms. The normalized spacial score (nSPS) is 18.0. The Bertz CT molecular complexity index is 991. The maximum absolute atomic E-state index is 13.4. The smallest absolute Gasteiger partial charge is 0.274 e. The highest BCUT2D eigenvalue weighted by Gasteiger charge is 2.29. The second-order valence-corrected chi connectivity index (χ2v) is 7.74. The zero-order valence-corrected chi connectivity index (χ0v) is 16.0. The molecule has 3 aromatic heterocycles. The van der Waals surface area contributed by atoms with E-state index in [9.17, 15) is 9.18 Å². The molecule has 1 aliphatic heterocycles. The number of amides is 1. The van der Waals surface area contributed by atoms with Crippen LogP contribution >= 0.6 is 11.3 Å². The first-order chi connectivity index (χ1) is 13.0. The van der Waals surface area contributed by atoms with Crippen molar-refractivity contribution in [3.8, 4) is 0 Å². The number of thiophene rings is 1. The summed E-state index contributed by atoms with van der Waals surface area (Å²) in [5.74, 6) is -0.0971. The predicted molar refractivity (Wildman–Crippen MR) is 103 cm³/mol. The average Bonchev–Trinajstić information content (AvgIpc) is 3.29. The Balaban J connectivity index is 1.67. The van der Waals surface area contributed by atoms with Gasteiger partial charge in [-0.1, -0.05) is 0 Å². The summed E-state index contributed by atoms with van der Waals surface area (Å²) in [6, 6.07) is 3.27. The van der Waals surface area contributed by atoms with Crippen LogP contribution in [-0.4, -0.2) is 38.3 Å². The van der Waals surface area contributed by atoms with Crippen molar-refractivity contribution in [3.05, 3.63) is 47.0 Å². The van der Waals surface area contributed by atoms with Crippen LogP contribution < -0.4 is 5.32 Å². The zero-order valence-electron chi connectivity index (χ0n) is 15.1. The molecule has 0 unspecified atom stereocenters. The number of likely N-dealkylation sites (tertiary alicyclic amines) is 1. The summed E-state index contributed by atoms with van der Waals surface area (Å²) < 4.78 is 14.2. The van der Waals surface area contributed by atoms with Crippen LogP contribution in [0.1, 0.15) is 48.8 Å². The van der Waals surface area contributed by atoms with E-state index in [0.29, 0.717) is 17.2 Å². The summed E-state index contributed by atoms with van der Waals surface area (Å²) in [5.41, 5.74) is 1.85. The topological polar surface area (TPSA) is 71.0 Å². The third kappa shape index (κ3) is 3.49. The van der Waals surface area contributed by atoms with E-state index in [4.69, 9.17) is 0 Å². The molecule has 4 heterocycles. The summed E-state index contributed by atoms with van der Waals surface area (Å²) in [5, 5.41) is 5.08. The summed E-state index contributed by atoms with van der Waals surface area (Å²) in [7, 11) is 0. The Hall–Kier alpha value is -2.61. The molecular weight excluding hydrogens is 365 g/mol. The fraction of sp³-hybridized carbons (Fsp3) is 0.368. The maximum Gasteiger partial charge on any atom is 0.274 e. The third-order valence-electron chi connectivity index (χ3n) is 4.89. The highest BCUT2D eigenvalue weighted by atomic mass is 32.1. The van der Waals surface area contributed by atoms with Crippen molar-refractivity contribution < 1.29 is 9.18 Å². The van der Waals surface area contributed by atoms with Crippen LogP contribution in [0.25, 0.3) is 10.2 Å². The van der Waals surface area contributed by atoms with E-state index in [1.165, 1.54) is 17.4 Å². The van der Waals surface area contributed by atoms with Crippen LogP contribution in [-0.2, 0) is 0 Å². The molecule has 1 aliphatic rings. The van der Waals surface area contributed by atoms with Gasteiger partial charge in [0, 0.05) is 18.8 Å². The molecule has 2 atom stereocenters. The zero-order chi connectivity index (χ0) is 19.0. The number of anilines is 1. The number of hydrogen-bond donors (Lipinski definition) is 1. The lowest BCUT2D eigenvalue weighted by Crippen LogP contribution is -2.34. The van der Waals surface area contributed by atoms with Gasteiger partial charge in [0.1, 0.15) is 5.82 Å². The molecule has 0 bridgehead atoms. The van der Waals surface area contributed by atoms with Gasteiger partial charge in [-0.2, -0.15) is 0 Å². The number of fused-ring (bicyclic) bond motifs is 1. The minimum absolute atomic E-state index is 0.0574. The number of carbonyl (C=O) groups is 1. The van der Waals surface area contributed by atoms with Gasteiger partial charge in [-0.3, -0.25) is 9.78 Å². The summed E-state index contributed by atoms with van der Waals surface area (Å²) in [6.07, 6.45) is 4.79. The van der Waals surface area contributed by atoms with Gasteiger partial charge >= 0.3 is 0 Å². The van der Waals surface area contributed by atoms with Gasteiger partial charge in [0.25, 0.3) is 5.91 Å². The van der Waals surface area contributed by atoms with E-state index in [1.807, 2.05) is 23.3 Å². The quantitative estimate of drug-likeness (QED) is 0.734. The van der Waals surface area contributed by atoms with Crippen molar-refractivity contribution in [1.29, 1.82) is 0 Å². The van der Waals surface area contributed by atoms with Crippen molar-refractivity contribution in [1.82, 2.24) is 19.9 Å². The molecule has 0 aliphatic carbocycles. The predicted octanol–water partition coefficient (Wildman–Crippen LogP) is 4.02. The molecule has 1 saturated heterocycles. The molecule has 4 rings (SSSR count). The van der Waals surface area contributed by atoms with Crippen LogP contribution in [0.2, 0.25) is 0 Å². The lowest BCUT2D eigenvalue weighted by atomic mass is 10.1. The van der Waals surface area contributed by atoms with Gasteiger partial charge in [-0.25, -0.2) is 14.4 Å². The highest BCUT2D eigenvalue weighted by molar-refractivity contribution is 7.17. The van der Waals surface area contributed by atoms with Gasteiger partial charge in [-0.15, -0.1) is 11.3 Å². The van der Waals surface area contributed by atoms with E-state index < -0.39 is 5.82 Å². The Morgan fingerprint density at radius 2 is 2.26 bits per heavy atom. The largest absolute Gasteiger partial charge is 0.348 e. The van der Waals surface area contributed by atoms with Gasteiger partial charge in [0.2, 0.25) is 5.95 Å². The first kappa shape index (κ1) is 17.8. The van der Waals surface area contributed by atoms with Gasteiger partial charge in [0.15, 0.2) is 5.69 Å². The number of nitrogens with one attached hydrogen (secondary N) is 1. The Kier molecular flexibility index (Phi) is 4.73. The Labute approximate surface area is 160 Å². The minimum atomic E-state index is -0.394. The second-order valence-electron chi connectivity index (χ2n) is 6.82. The van der Waals surface area contributed by atoms with Crippen molar-refractivity contribution in [2.75, 3.05) is 11.9 Å². The van der Waals surface area contributed by atoms with Crippen LogP contribution in [0, 0.1) is 5.82 Å². The van der Waals surface area contributed by atoms with Crippen molar-refractivity contribution in [2.45, 2.75) is 38.8 Å². The molecule has 6 nitrogen and oxygen atoms in total. The van der Waals surface area contributed by atoms with E-state index in [-0.39, 0.29) is 18.0 Å². The molecule has 1 amide bonds. The number of rotatable bonds is 4. The van der Waals surface area contributed by atoms with Gasteiger partial charge in [-0.05, 0) is 49.8 Å². The first-order valence-corrected chi connectivity index (χ1v) is 9.84. The molecular formula is C19H20FN5OS. The van der Waals surface area contributed by atoms with E-state index in [1.54, 1.807) is 6.20 Å². The summed E-state index contributed by atoms with van der Waals surface area (Å²) >= 11 is 1.47. The van der Waals surface area contributed by atoms with E-state index in [0.717, 1.165) is 35.8 Å². The molecule has 0 radical (unpaired) electrons. The molecule has 1 fully saturated rings. The van der Waals surface area contributed by atoms with Crippen LogP contribution in [0.3, 0.4) is 0 Å².